The maximum absolute atomic E-state index is 11.7. The lowest BCUT2D eigenvalue weighted by atomic mass is 10.1. The summed E-state index contributed by atoms with van der Waals surface area (Å²) in [6, 6.07) is 5.62. The minimum Gasteiger partial charge on any atom is -0.351 e. The second-order valence-corrected chi connectivity index (χ2v) is 4.13. The van der Waals surface area contributed by atoms with Crippen LogP contribution in [0.2, 0.25) is 0 Å². The van der Waals surface area contributed by atoms with Crippen molar-refractivity contribution in [2.45, 2.75) is 6.92 Å². The molecule has 0 fully saturated rings. The molecule has 90 valence electrons. The Morgan fingerprint density at radius 1 is 1.38 bits per heavy atom. The van der Waals surface area contributed by atoms with E-state index >= 15 is 0 Å². The van der Waals surface area contributed by atoms with Crippen LogP contribution < -0.4 is 10.6 Å². The van der Waals surface area contributed by atoms with Gasteiger partial charge in [0.25, 0.3) is 5.91 Å². The number of carbonyl (C=O) groups excluding carboxylic acids is 1. The van der Waals surface area contributed by atoms with Crippen molar-refractivity contribution in [1.29, 1.82) is 0 Å². The Balaban J connectivity index is 0.00000225. The van der Waals surface area contributed by atoms with E-state index in [9.17, 15) is 4.79 Å². The Morgan fingerprint density at radius 3 is 2.69 bits per heavy atom. The van der Waals surface area contributed by atoms with Gasteiger partial charge in [0.1, 0.15) is 0 Å². The SMILES string of the molecule is CNCCNC(=O)c1cccc(Br)c1C.Cl. The van der Waals surface area contributed by atoms with E-state index in [1.807, 2.05) is 32.2 Å². The smallest absolute Gasteiger partial charge is 0.251 e. The summed E-state index contributed by atoms with van der Waals surface area (Å²) < 4.78 is 0.962. The first-order valence-electron chi connectivity index (χ1n) is 4.84. The Labute approximate surface area is 111 Å². The first kappa shape index (κ1) is 15.4. The molecule has 0 aliphatic carbocycles. The quantitative estimate of drug-likeness (QED) is 0.837. The van der Waals surface area contributed by atoms with E-state index in [1.54, 1.807) is 0 Å². The fraction of sp³-hybridized carbons (Fsp3) is 0.364. The van der Waals surface area contributed by atoms with E-state index in [0.717, 1.165) is 22.1 Å². The van der Waals surface area contributed by atoms with Gasteiger partial charge in [0.15, 0.2) is 0 Å². The highest BCUT2D eigenvalue weighted by molar-refractivity contribution is 9.10. The van der Waals surface area contributed by atoms with Gasteiger partial charge in [0.2, 0.25) is 0 Å². The highest BCUT2D eigenvalue weighted by Crippen LogP contribution is 2.19. The van der Waals surface area contributed by atoms with Gasteiger partial charge in [-0.15, -0.1) is 12.4 Å². The molecule has 0 heterocycles. The number of hydrogen-bond acceptors (Lipinski definition) is 2. The average Bonchev–Trinajstić information content (AvgIpc) is 2.22. The summed E-state index contributed by atoms with van der Waals surface area (Å²) in [5.74, 6) is -0.0240. The van der Waals surface area contributed by atoms with E-state index in [4.69, 9.17) is 0 Å². The predicted molar refractivity (Wildman–Crippen MR) is 72.4 cm³/mol. The third-order valence-electron chi connectivity index (χ3n) is 2.17. The molecule has 0 spiro atoms. The zero-order valence-corrected chi connectivity index (χ0v) is 11.7. The molecule has 0 saturated carbocycles. The normalized spacial score (nSPS) is 9.44. The fourth-order valence-corrected chi connectivity index (χ4v) is 1.62. The van der Waals surface area contributed by atoms with Gasteiger partial charge in [0, 0.05) is 23.1 Å². The molecule has 0 aliphatic rings. The van der Waals surface area contributed by atoms with Gasteiger partial charge in [-0.25, -0.2) is 0 Å². The second-order valence-electron chi connectivity index (χ2n) is 3.27. The van der Waals surface area contributed by atoms with E-state index in [0.29, 0.717) is 6.54 Å². The molecule has 0 aliphatic heterocycles. The standard InChI is InChI=1S/C11H15BrN2O.ClH/c1-8-9(4-3-5-10(8)12)11(15)14-7-6-13-2;/h3-5,13H,6-7H2,1-2H3,(H,14,15);1H. The Hall–Kier alpha value is -0.580. The summed E-state index contributed by atoms with van der Waals surface area (Å²) in [7, 11) is 1.86. The summed E-state index contributed by atoms with van der Waals surface area (Å²) in [6.07, 6.45) is 0. The molecule has 16 heavy (non-hydrogen) atoms. The van der Waals surface area contributed by atoms with E-state index in [2.05, 4.69) is 26.6 Å². The number of likely N-dealkylation sites (N-methyl/N-ethyl adjacent to an activating group) is 1. The highest BCUT2D eigenvalue weighted by Gasteiger charge is 2.09. The van der Waals surface area contributed by atoms with Crippen LogP contribution in [0.5, 0.6) is 0 Å². The summed E-state index contributed by atoms with van der Waals surface area (Å²) >= 11 is 3.40. The molecular formula is C11H16BrClN2O. The monoisotopic (exact) mass is 306 g/mol. The summed E-state index contributed by atoms with van der Waals surface area (Å²) in [5.41, 5.74) is 1.69. The van der Waals surface area contributed by atoms with Crippen LogP contribution in [0.3, 0.4) is 0 Å². The summed E-state index contributed by atoms with van der Waals surface area (Å²) in [4.78, 5) is 11.7. The van der Waals surface area contributed by atoms with Gasteiger partial charge in [-0.05, 0) is 31.7 Å². The van der Waals surface area contributed by atoms with Gasteiger partial charge in [-0.2, -0.15) is 0 Å². The third kappa shape index (κ3) is 4.12. The van der Waals surface area contributed by atoms with Gasteiger partial charge in [-0.1, -0.05) is 22.0 Å². The lowest BCUT2D eigenvalue weighted by Crippen LogP contribution is -2.30. The first-order chi connectivity index (χ1) is 7.16. The molecule has 3 nitrogen and oxygen atoms in total. The van der Waals surface area contributed by atoms with Crippen LogP contribution in [0.1, 0.15) is 15.9 Å². The van der Waals surface area contributed by atoms with Crippen molar-refractivity contribution in [3.05, 3.63) is 33.8 Å². The van der Waals surface area contributed by atoms with Crippen molar-refractivity contribution in [2.24, 2.45) is 0 Å². The lowest BCUT2D eigenvalue weighted by Gasteiger charge is -2.08. The van der Waals surface area contributed by atoms with Crippen LogP contribution in [0, 0.1) is 6.92 Å². The number of hydrogen-bond donors (Lipinski definition) is 2. The molecule has 1 amide bonds. The van der Waals surface area contributed by atoms with Crippen molar-refractivity contribution in [3.8, 4) is 0 Å². The molecule has 1 aromatic rings. The number of halogens is 2. The van der Waals surface area contributed by atoms with Crippen LogP contribution in [0.25, 0.3) is 0 Å². The van der Waals surface area contributed by atoms with Crippen molar-refractivity contribution in [2.75, 3.05) is 20.1 Å². The van der Waals surface area contributed by atoms with Gasteiger partial charge in [-0.3, -0.25) is 4.79 Å². The first-order valence-corrected chi connectivity index (χ1v) is 5.64. The minimum atomic E-state index is -0.0240. The molecule has 1 aromatic carbocycles. The Morgan fingerprint density at radius 2 is 2.06 bits per heavy atom. The van der Waals surface area contributed by atoms with Crippen molar-refractivity contribution in [1.82, 2.24) is 10.6 Å². The fourth-order valence-electron chi connectivity index (χ4n) is 1.25. The van der Waals surface area contributed by atoms with Crippen molar-refractivity contribution < 1.29 is 4.79 Å². The van der Waals surface area contributed by atoms with Crippen molar-refractivity contribution >= 4 is 34.2 Å². The molecule has 0 unspecified atom stereocenters. The molecular weight excluding hydrogens is 291 g/mol. The van der Waals surface area contributed by atoms with Crippen LogP contribution in [-0.2, 0) is 0 Å². The molecule has 0 atom stereocenters. The predicted octanol–water partition coefficient (Wildman–Crippen LogP) is 2.13. The van der Waals surface area contributed by atoms with E-state index in [1.165, 1.54) is 0 Å². The Bertz CT molecular complexity index is 358. The maximum Gasteiger partial charge on any atom is 0.251 e. The van der Waals surface area contributed by atoms with Crippen molar-refractivity contribution in [3.63, 3.8) is 0 Å². The molecule has 5 heteroatoms. The lowest BCUT2D eigenvalue weighted by molar-refractivity contribution is 0.0953. The topological polar surface area (TPSA) is 41.1 Å². The summed E-state index contributed by atoms with van der Waals surface area (Å²) in [5, 5.41) is 5.82. The number of amides is 1. The largest absolute Gasteiger partial charge is 0.351 e. The molecule has 0 aromatic heterocycles. The minimum absolute atomic E-state index is 0. The van der Waals surface area contributed by atoms with Crippen LogP contribution in [0.15, 0.2) is 22.7 Å². The summed E-state index contributed by atoms with van der Waals surface area (Å²) in [6.45, 7) is 3.34. The van der Waals surface area contributed by atoms with Gasteiger partial charge >= 0.3 is 0 Å². The molecule has 0 saturated heterocycles. The molecule has 1 rings (SSSR count). The molecule has 0 radical (unpaired) electrons. The highest BCUT2D eigenvalue weighted by atomic mass is 79.9. The van der Waals surface area contributed by atoms with E-state index < -0.39 is 0 Å². The van der Waals surface area contributed by atoms with E-state index in [-0.39, 0.29) is 18.3 Å². The number of rotatable bonds is 4. The van der Waals surface area contributed by atoms with Gasteiger partial charge in [0.05, 0.1) is 0 Å². The Kier molecular flexibility index (Phi) is 7.38. The van der Waals surface area contributed by atoms with Crippen LogP contribution in [-0.4, -0.2) is 26.0 Å². The zero-order valence-electron chi connectivity index (χ0n) is 9.34. The zero-order chi connectivity index (χ0) is 11.3. The third-order valence-corrected chi connectivity index (χ3v) is 3.03. The maximum atomic E-state index is 11.7. The molecule has 2 N–H and O–H groups in total. The number of benzene rings is 1. The van der Waals surface area contributed by atoms with Gasteiger partial charge < -0.3 is 10.6 Å². The second kappa shape index (κ2) is 7.65. The average molecular weight is 308 g/mol. The van der Waals surface area contributed by atoms with Crippen LogP contribution in [0.4, 0.5) is 0 Å². The number of carbonyl (C=O) groups is 1. The molecule has 0 bridgehead atoms. The number of nitrogens with one attached hydrogen (secondary N) is 2. The van der Waals surface area contributed by atoms with Crippen LogP contribution >= 0.6 is 28.3 Å².